The predicted molar refractivity (Wildman–Crippen MR) is 26.1 cm³/mol. The minimum Gasteiger partial charge on any atom is 0 e. The maximum absolute atomic E-state index is 0. The Hall–Kier alpha value is 2.65. The van der Waals surface area contributed by atoms with E-state index < -0.39 is 0 Å². The summed E-state index contributed by atoms with van der Waals surface area (Å²) in [5.74, 6) is 0. The maximum atomic E-state index is 0. The van der Waals surface area contributed by atoms with Crippen molar-refractivity contribution in [3.05, 3.63) is 0 Å². The van der Waals surface area contributed by atoms with E-state index in [1.165, 1.54) is 0 Å². The molecule has 0 unspecified atom stereocenters. The third kappa shape index (κ3) is 8.82. The molecule has 0 heterocycles. The van der Waals surface area contributed by atoms with Crippen molar-refractivity contribution in [1.29, 1.82) is 0 Å². The first-order valence-electron chi connectivity index (χ1n) is 0. The first-order valence-corrected chi connectivity index (χ1v) is 0. The van der Waals surface area contributed by atoms with Gasteiger partial charge in [0, 0.05) is 19.5 Å². The molecule has 0 amide bonds. The molecule has 0 aromatic heterocycles. The van der Waals surface area contributed by atoms with E-state index in [0.29, 0.717) is 0 Å². The summed E-state index contributed by atoms with van der Waals surface area (Å²) in [5, 5.41) is 0. The van der Waals surface area contributed by atoms with Crippen LogP contribution in [0.15, 0.2) is 0 Å². The second-order valence-electron chi connectivity index (χ2n) is 0. The van der Waals surface area contributed by atoms with Crippen molar-refractivity contribution in [2.45, 2.75) is 0 Å². The SMILES string of the molecule is Br.Cl.[CaH2].[Zn]. The minimum atomic E-state index is 0. The van der Waals surface area contributed by atoms with E-state index >= 15 is 0 Å². The van der Waals surface area contributed by atoms with Gasteiger partial charge in [0.1, 0.15) is 0 Å². The Labute approximate surface area is 85.0 Å². The molecule has 22 valence electrons. The summed E-state index contributed by atoms with van der Waals surface area (Å²) in [4.78, 5) is 0. The summed E-state index contributed by atoms with van der Waals surface area (Å²) in [6.07, 6.45) is 0. The quantitative estimate of drug-likeness (QED) is 0.512. The normalized spacial score (nSPS) is 0. The molecule has 0 saturated carbocycles. The van der Waals surface area contributed by atoms with Crippen LogP contribution in [0, 0.1) is 0 Å². The Morgan fingerprint density at radius 3 is 1.00 bits per heavy atom. The first kappa shape index (κ1) is 30.2. The smallest absolute Gasteiger partial charge is 0 e. The average molecular weight is 225 g/mol. The zero-order valence-electron chi connectivity index (χ0n) is 1.52. The Morgan fingerprint density at radius 2 is 1.00 bits per heavy atom. The fourth-order valence-electron chi connectivity index (χ4n) is 0. The van der Waals surface area contributed by atoms with Gasteiger partial charge in [-0.1, -0.05) is 0 Å². The largest absolute Gasteiger partial charge is 0 e. The fourth-order valence-corrected chi connectivity index (χ4v) is 0. The first-order chi connectivity index (χ1) is 0. The summed E-state index contributed by atoms with van der Waals surface area (Å²) < 4.78 is 0. The van der Waals surface area contributed by atoms with Crippen LogP contribution in [0.25, 0.3) is 0 Å². The number of rotatable bonds is 0. The fraction of sp³-hybridized carbons (Fsp3) is 0. The molecule has 0 aromatic rings. The van der Waals surface area contributed by atoms with Crippen molar-refractivity contribution in [3.8, 4) is 0 Å². The summed E-state index contributed by atoms with van der Waals surface area (Å²) in [7, 11) is 0. The average Bonchev–Trinajstić information content (AvgIpc) is 0. The van der Waals surface area contributed by atoms with Crippen molar-refractivity contribution in [2.75, 3.05) is 0 Å². The van der Waals surface area contributed by atoms with Crippen molar-refractivity contribution in [3.63, 3.8) is 0 Å². The van der Waals surface area contributed by atoms with Gasteiger partial charge in [-0.25, -0.2) is 0 Å². The molecule has 0 aliphatic heterocycles. The van der Waals surface area contributed by atoms with Gasteiger partial charge in [0.2, 0.25) is 0 Å². The second-order valence-corrected chi connectivity index (χ2v) is 0. The summed E-state index contributed by atoms with van der Waals surface area (Å²) in [6.45, 7) is 0. The zero-order chi connectivity index (χ0) is 0. The molecule has 0 aliphatic rings. The molecule has 0 fully saturated rings. The van der Waals surface area contributed by atoms with Crippen LogP contribution in [0.3, 0.4) is 0 Å². The Kier molecular flexibility index (Phi) is 131. The van der Waals surface area contributed by atoms with Gasteiger partial charge in [0.15, 0.2) is 0 Å². The van der Waals surface area contributed by atoms with Crippen molar-refractivity contribution in [1.82, 2.24) is 0 Å². The van der Waals surface area contributed by atoms with Crippen LogP contribution in [0.1, 0.15) is 0 Å². The van der Waals surface area contributed by atoms with Gasteiger partial charge in [0.05, 0.1) is 0 Å². The van der Waals surface area contributed by atoms with Crippen LogP contribution in [0.5, 0.6) is 0 Å². The van der Waals surface area contributed by atoms with E-state index in [2.05, 4.69) is 0 Å². The van der Waals surface area contributed by atoms with E-state index in [4.69, 9.17) is 0 Å². The van der Waals surface area contributed by atoms with Gasteiger partial charge in [-0.2, -0.15) is 0 Å². The standard InChI is InChI=1S/BrH.Ca.ClH.Zn.2H/h1H;;1H;;;. The predicted octanol–water partition coefficient (Wildman–Crippen LogP) is 0.0810. The number of hydrogen-bond donors (Lipinski definition) is 0. The molecule has 0 bridgehead atoms. The van der Waals surface area contributed by atoms with Crippen LogP contribution in [-0.4, -0.2) is 37.7 Å². The van der Waals surface area contributed by atoms with Crippen molar-refractivity contribution < 1.29 is 19.5 Å². The van der Waals surface area contributed by atoms with E-state index in [9.17, 15) is 0 Å². The van der Waals surface area contributed by atoms with Gasteiger partial charge >= 0.3 is 37.7 Å². The number of hydrogen-bond acceptors (Lipinski definition) is 0. The zero-order valence-corrected chi connectivity index (χ0v) is 7.02. The van der Waals surface area contributed by atoms with Gasteiger partial charge in [0.25, 0.3) is 0 Å². The van der Waals surface area contributed by atoms with Crippen molar-refractivity contribution in [2.24, 2.45) is 0 Å². The van der Waals surface area contributed by atoms with Crippen LogP contribution < -0.4 is 0 Å². The molecular weight excluding hydrogens is 221 g/mol. The maximum Gasteiger partial charge on any atom is 0 e. The van der Waals surface area contributed by atoms with E-state index in [0.717, 1.165) is 0 Å². The van der Waals surface area contributed by atoms with Crippen LogP contribution in [-0.2, 0) is 19.5 Å². The monoisotopic (exact) mass is 222 g/mol. The molecule has 4 heteroatoms. The van der Waals surface area contributed by atoms with Gasteiger partial charge < -0.3 is 0 Å². The molecule has 0 nitrogen and oxygen atoms in total. The van der Waals surface area contributed by atoms with Crippen LogP contribution in [0.2, 0.25) is 0 Å². The van der Waals surface area contributed by atoms with E-state index in [-0.39, 0.29) is 86.6 Å². The van der Waals surface area contributed by atoms with Gasteiger partial charge in [-0.3, -0.25) is 0 Å². The van der Waals surface area contributed by atoms with Crippen LogP contribution in [0.4, 0.5) is 0 Å². The Balaban J connectivity index is 0. The van der Waals surface area contributed by atoms with Gasteiger partial charge in [-0.05, 0) is 0 Å². The Morgan fingerprint density at radius 1 is 1.00 bits per heavy atom. The molecular formula is H4BrCaClZn. The third-order valence-electron chi connectivity index (χ3n) is 0. The van der Waals surface area contributed by atoms with Crippen LogP contribution >= 0.6 is 29.4 Å². The molecule has 0 aromatic carbocycles. The molecule has 0 rings (SSSR count). The molecule has 4 heavy (non-hydrogen) atoms. The molecule has 0 saturated heterocycles. The summed E-state index contributed by atoms with van der Waals surface area (Å²) in [6, 6.07) is 0. The minimum absolute atomic E-state index is 0. The topological polar surface area (TPSA) is 0 Å². The molecule has 0 radical (unpaired) electrons. The van der Waals surface area contributed by atoms with E-state index in [1.807, 2.05) is 0 Å². The molecule has 0 spiro atoms. The Bertz CT molecular complexity index is 8.00. The summed E-state index contributed by atoms with van der Waals surface area (Å²) in [5.41, 5.74) is 0. The molecule has 0 aliphatic carbocycles. The summed E-state index contributed by atoms with van der Waals surface area (Å²) >= 11 is 0. The second kappa shape index (κ2) is 17.4. The van der Waals surface area contributed by atoms with Crippen molar-refractivity contribution >= 4 is 67.1 Å². The third-order valence-corrected chi connectivity index (χ3v) is 0. The molecule has 0 atom stereocenters. The molecule has 0 N–H and O–H groups in total. The number of halogens is 2. The van der Waals surface area contributed by atoms with E-state index in [1.54, 1.807) is 0 Å². The van der Waals surface area contributed by atoms with Gasteiger partial charge in [-0.15, -0.1) is 29.4 Å².